The van der Waals surface area contributed by atoms with E-state index in [4.69, 9.17) is 17.3 Å². The van der Waals surface area contributed by atoms with E-state index in [0.717, 1.165) is 34.2 Å². The minimum Gasteiger partial charge on any atom is -0.383 e. The van der Waals surface area contributed by atoms with Crippen molar-refractivity contribution in [1.29, 1.82) is 0 Å². The zero-order chi connectivity index (χ0) is 21.8. The number of amides is 1. The number of hydrogen-bond donors (Lipinski definition) is 2. The van der Waals surface area contributed by atoms with Crippen molar-refractivity contribution in [2.75, 3.05) is 25.4 Å². The van der Waals surface area contributed by atoms with Crippen LogP contribution in [0.2, 0.25) is 5.02 Å². The van der Waals surface area contributed by atoms with Gasteiger partial charge in [-0.25, -0.2) is 4.98 Å². The molecular formula is C24H29ClN4O2S. The number of nitrogens with two attached hydrogens (primary N) is 1. The molecule has 6 nitrogen and oxygen atoms in total. The number of aromatic nitrogens is 1. The molecule has 8 heteroatoms. The van der Waals surface area contributed by atoms with Crippen molar-refractivity contribution in [3.8, 4) is 0 Å². The molecule has 170 valence electrons. The van der Waals surface area contributed by atoms with Gasteiger partial charge in [-0.15, -0.1) is 11.3 Å². The number of carbonyl (C=O) groups is 2. The third-order valence-electron chi connectivity index (χ3n) is 5.55. The van der Waals surface area contributed by atoms with E-state index >= 15 is 0 Å². The highest BCUT2D eigenvalue weighted by Gasteiger charge is 2.19. The van der Waals surface area contributed by atoms with Crippen molar-refractivity contribution in [3.63, 3.8) is 0 Å². The van der Waals surface area contributed by atoms with Crippen molar-refractivity contribution < 1.29 is 9.59 Å². The summed E-state index contributed by atoms with van der Waals surface area (Å²) >= 11 is 7.79. The molecule has 3 heterocycles. The summed E-state index contributed by atoms with van der Waals surface area (Å²) in [6.07, 6.45) is 4.38. The van der Waals surface area contributed by atoms with E-state index in [9.17, 15) is 9.59 Å². The van der Waals surface area contributed by atoms with E-state index in [-0.39, 0.29) is 19.1 Å². The summed E-state index contributed by atoms with van der Waals surface area (Å²) in [5, 5.41) is 5.90. The Balaban J connectivity index is 0.00000289. The number of nitrogen functional groups attached to an aromatic ring is 1. The SMILES string of the molecule is C.Nc1nccc2cc(CCC(=O)c3cc(Cl)c(CNCCN4CCCC4=O)s3)ccc12. The highest BCUT2D eigenvalue weighted by atomic mass is 35.5. The molecule has 3 aromatic rings. The van der Waals surface area contributed by atoms with Crippen molar-refractivity contribution >= 4 is 51.2 Å². The Hall–Kier alpha value is -2.48. The molecular weight excluding hydrogens is 444 g/mol. The standard InChI is InChI=1S/C23H25ClN4O2S.CH4/c24-18-13-20(31-21(18)14-26-9-11-28-10-1-2-22(28)30)19(29)6-4-15-3-5-17-16(12-15)7-8-27-23(17)25;/h3,5,7-8,12-13,26H,1-2,4,6,9-11,14H2,(H2,25,27);1H4. The number of thiophene rings is 1. The Kier molecular flexibility index (Phi) is 8.23. The lowest BCUT2D eigenvalue weighted by atomic mass is 10.0. The predicted molar refractivity (Wildman–Crippen MR) is 132 cm³/mol. The lowest BCUT2D eigenvalue weighted by Gasteiger charge is -2.15. The van der Waals surface area contributed by atoms with Gasteiger partial charge in [0.2, 0.25) is 5.91 Å². The first kappa shape index (κ1) is 24.2. The monoisotopic (exact) mass is 472 g/mol. The summed E-state index contributed by atoms with van der Waals surface area (Å²) in [6.45, 7) is 2.87. The molecule has 0 spiro atoms. The largest absolute Gasteiger partial charge is 0.383 e. The maximum Gasteiger partial charge on any atom is 0.222 e. The number of rotatable bonds is 9. The molecule has 32 heavy (non-hydrogen) atoms. The quantitative estimate of drug-likeness (QED) is 0.348. The second kappa shape index (κ2) is 10.9. The average Bonchev–Trinajstić information content (AvgIpc) is 3.34. The van der Waals surface area contributed by atoms with Gasteiger partial charge in [0.25, 0.3) is 0 Å². The minimum absolute atomic E-state index is 0. The van der Waals surface area contributed by atoms with Crippen LogP contribution in [0.5, 0.6) is 0 Å². The molecule has 1 saturated heterocycles. The molecule has 3 N–H and O–H groups in total. The summed E-state index contributed by atoms with van der Waals surface area (Å²) in [5.41, 5.74) is 6.99. The fourth-order valence-corrected chi connectivity index (χ4v) is 5.15. The Morgan fingerprint density at radius 3 is 2.91 bits per heavy atom. The van der Waals surface area contributed by atoms with Gasteiger partial charge in [-0.2, -0.15) is 0 Å². The summed E-state index contributed by atoms with van der Waals surface area (Å²) in [5.74, 6) is 0.840. The van der Waals surface area contributed by atoms with Gasteiger partial charge in [-0.1, -0.05) is 37.2 Å². The van der Waals surface area contributed by atoms with Crippen LogP contribution >= 0.6 is 22.9 Å². The molecule has 1 fully saturated rings. The van der Waals surface area contributed by atoms with Crippen LogP contribution in [0.4, 0.5) is 5.82 Å². The second-order valence-corrected chi connectivity index (χ2v) is 9.26. The van der Waals surface area contributed by atoms with Gasteiger partial charge in [0.1, 0.15) is 5.82 Å². The van der Waals surface area contributed by atoms with Gasteiger partial charge in [0, 0.05) is 55.5 Å². The number of carbonyl (C=O) groups excluding carboxylic acids is 2. The van der Waals surface area contributed by atoms with E-state index in [2.05, 4.69) is 16.4 Å². The Bertz CT molecular complexity index is 1110. The number of likely N-dealkylation sites (tertiary alicyclic amines) is 1. The molecule has 0 aliphatic carbocycles. The number of pyridine rings is 1. The number of nitrogens with zero attached hydrogens (tertiary/aromatic N) is 2. The van der Waals surface area contributed by atoms with E-state index in [0.29, 0.717) is 54.6 Å². The van der Waals surface area contributed by atoms with Crippen LogP contribution < -0.4 is 11.1 Å². The Labute approximate surface area is 197 Å². The number of benzene rings is 1. The number of anilines is 1. The van der Waals surface area contributed by atoms with Crippen molar-refractivity contribution in [2.45, 2.75) is 39.7 Å². The molecule has 4 rings (SSSR count). The third-order valence-corrected chi connectivity index (χ3v) is 7.17. The first-order chi connectivity index (χ1) is 15.0. The van der Waals surface area contributed by atoms with Crippen LogP contribution in [-0.2, 0) is 17.8 Å². The van der Waals surface area contributed by atoms with Crippen LogP contribution in [-0.4, -0.2) is 41.2 Å². The number of ketones is 1. The van der Waals surface area contributed by atoms with Crippen molar-refractivity contribution in [1.82, 2.24) is 15.2 Å². The Morgan fingerprint density at radius 1 is 1.28 bits per heavy atom. The lowest BCUT2D eigenvalue weighted by Crippen LogP contribution is -2.32. The van der Waals surface area contributed by atoms with Crippen LogP contribution in [0.3, 0.4) is 0 Å². The van der Waals surface area contributed by atoms with E-state index < -0.39 is 0 Å². The minimum atomic E-state index is 0. The summed E-state index contributed by atoms with van der Waals surface area (Å²) in [7, 11) is 0. The van der Waals surface area contributed by atoms with Crippen LogP contribution in [0.15, 0.2) is 36.5 Å². The first-order valence-electron chi connectivity index (χ1n) is 10.4. The van der Waals surface area contributed by atoms with Crippen LogP contribution in [0.25, 0.3) is 10.8 Å². The number of aryl methyl sites for hydroxylation is 1. The fourth-order valence-electron chi connectivity index (χ4n) is 3.81. The zero-order valence-electron chi connectivity index (χ0n) is 17.2. The molecule has 0 bridgehead atoms. The molecule has 1 aliphatic rings. The summed E-state index contributed by atoms with van der Waals surface area (Å²) < 4.78 is 0. The highest BCUT2D eigenvalue weighted by Crippen LogP contribution is 2.28. The highest BCUT2D eigenvalue weighted by molar-refractivity contribution is 7.14. The number of halogens is 1. The summed E-state index contributed by atoms with van der Waals surface area (Å²) in [4.78, 5) is 32.0. The topological polar surface area (TPSA) is 88.3 Å². The van der Waals surface area contributed by atoms with Gasteiger partial charge in [-0.3, -0.25) is 9.59 Å². The third kappa shape index (κ3) is 5.65. The van der Waals surface area contributed by atoms with Gasteiger partial charge >= 0.3 is 0 Å². The summed E-state index contributed by atoms with van der Waals surface area (Å²) in [6, 6.07) is 9.70. The molecule has 1 aromatic carbocycles. The predicted octanol–water partition coefficient (Wildman–Crippen LogP) is 4.70. The van der Waals surface area contributed by atoms with E-state index in [1.165, 1.54) is 11.3 Å². The zero-order valence-corrected chi connectivity index (χ0v) is 18.8. The van der Waals surface area contributed by atoms with Gasteiger partial charge in [0.15, 0.2) is 5.78 Å². The Morgan fingerprint density at radius 2 is 2.12 bits per heavy atom. The number of Topliss-reactive ketones (excluding diaryl/α,β-unsaturated/α-hetero) is 1. The van der Waals surface area contributed by atoms with Gasteiger partial charge < -0.3 is 16.0 Å². The first-order valence-corrected chi connectivity index (χ1v) is 11.6. The molecule has 0 radical (unpaired) electrons. The van der Waals surface area contributed by atoms with Crippen LogP contribution in [0, 0.1) is 0 Å². The molecule has 0 saturated carbocycles. The van der Waals surface area contributed by atoms with E-state index in [1.807, 2.05) is 23.1 Å². The van der Waals surface area contributed by atoms with Crippen molar-refractivity contribution in [2.24, 2.45) is 0 Å². The molecule has 0 unspecified atom stereocenters. The molecule has 0 atom stereocenters. The van der Waals surface area contributed by atoms with Gasteiger partial charge in [0.05, 0.1) is 9.90 Å². The maximum absolute atomic E-state index is 12.7. The van der Waals surface area contributed by atoms with Crippen molar-refractivity contribution in [3.05, 3.63) is 56.9 Å². The lowest BCUT2D eigenvalue weighted by molar-refractivity contribution is -0.127. The molecule has 1 amide bonds. The van der Waals surface area contributed by atoms with Crippen LogP contribution in [0.1, 0.15) is 46.8 Å². The number of nitrogens with one attached hydrogen (secondary N) is 1. The smallest absolute Gasteiger partial charge is 0.222 e. The van der Waals surface area contributed by atoms with Gasteiger partial charge in [-0.05, 0) is 35.9 Å². The normalized spacial score (nSPS) is 13.5. The number of hydrogen-bond acceptors (Lipinski definition) is 6. The maximum atomic E-state index is 12.7. The average molecular weight is 473 g/mol. The molecule has 1 aliphatic heterocycles. The second-order valence-electron chi connectivity index (χ2n) is 7.72. The number of fused-ring (bicyclic) bond motifs is 1. The fraction of sp³-hybridized carbons (Fsp3) is 0.375. The molecule has 2 aromatic heterocycles. The van der Waals surface area contributed by atoms with E-state index in [1.54, 1.807) is 12.3 Å².